The van der Waals surface area contributed by atoms with Gasteiger partial charge in [0.15, 0.2) is 0 Å². The molecule has 1 aromatic rings. The van der Waals surface area contributed by atoms with Gasteiger partial charge in [-0.25, -0.2) is 0 Å². The van der Waals surface area contributed by atoms with Gasteiger partial charge in [-0.3, -0.25) is 0 Å². The highest BCUT2D eigenvalue weighted by Gasteiger charge is 2.08. The van der Waals surface area contributed by atoms with Crippen molar-refractivity contribution in [3.05, 3.63) is 76.9 Å². The van der Waals surface area contributed by atoms with Gasteiger partial charge in [0.1, 0.15) is 0 Å². The van der Waals surface area contributed by atoms with Gasteiger partial charge >= 0.3 is 0 Å². The van der Waals surface area contributed by atoms with E-state index in [4.69, 9.17) is 5.73 Å². The number of hydrogen-bond acceptors (Lipinski definition) is 1. The Morgan fingerprint density at radius 2 is 1.34 bits per heavy atom. The van der Waals surface area contributed by atoms with Gasteiger partial charge in [-0.05, 0) is 79.5 Å². The molecule has 1 heteroatoms. The standard InChI is InChI=1S/C20H26.C4H10.C3H9N.2C2H6/c1-7-12-19(15(4)8-2)16(5)17(6)20-14-11-10-13-18(20)9-3;1-4(2)3;1-3(2)4;2*1-2/h7-8,10-14H,2,9H2,1,3-6H3;4H,1-3H3;3H,4H2,1-2H3;2*1-2H3/b12-7-,17-16-,19-15+;;;;. The third kappa shape index (κ3) is 20.1. The van der Waals surface area contributed by atoms with Crippen LogP contribution >= 0.6 is 0 Å². The van der Waals surface area contributed by atoms with E-state index in [0.717, 1.165) is 12.3 Å². The fourth-order valence-corrected chi connectivity index (χ4v) is 2.43. The molecular formula is C31H57N. The topological polar surface area (TPSA) is 26.0 Å². The molecule has 0 aliphatic carbocycles. The summed E-state index contributed by atoms with van der Waals surface area (Å²) < 4.78 is 0. The van der Waals surface area contributed by atoms with Crippen LogP contribution < -0.4 is 5.73 Å². The van der Waals surface area contributed by atoms with Gasteiger partial charge < -0.3 is 5.73 Å². The van der Waals surface area contributed by atoms with Gasteiger partial charge in [0.25, 0.3) is 0 Å². The highest BCUT2D eigenvalue weighted by molar-refractivity contribution is 5.74. The summed E-state index contributed by atoms with van der Waals surface area (Å²) in [6.45, 7) is 33.1. The van der Waals surface area contributed by atoms with Crippen molar-refractivity contribution in [3.63, 3.8) is 0 Å². The van der Waals surface area contributed by atoms with Crippen molar-refractivity contribution < 1.29 is 0 Å². The molecule has 0 aliphatic rings. The molecular weight excluding hydrogens is 386 g/mol. The predicted octanol–water partition coefficient (Wildman–Crippen LogP) is 10.2. The van der Waals surface area contributed by atoms with Gasteiger partial charge in [-0.1, -0.05) is 118 Å². The minimum absolute atomic E-state index is 0.333. The van der Waals surface area contributed by atoms with Crippen LogP contribution in [0.2, 0.25) is 0 Å². The molecule has 1 rings (SSSR count). The first kappa shape index (κ1) is 37.5. The highest BCUT2D eigenvalue weighted by Crippen LogP contribution is 2.28. The van der Waals surface area contributed by atoms with E-state index in [9.17, 15) is 0 Å². The van der Waals surface area contributed by atoms with Crippen molar-refractivity contribution in [2.24, 2.45) is 11.7 Å². The Bertz CT molecular complexity index is 643. The molecule has 1 nitrogen and oxygen atoms in total. The van der Waals surface area contributed by atoms with Crippen molar-refractivity contribution in [1.82, 2.24) is 0 Å². The molecule has 0 unspecified atom stereocenters. The molecule has 0 bridgehead atoms. The van der Waals surface area contributed by atoms with Crippen LogP contribution in [0.25, 0.3) is 5.57 Å². The van der Waals surface area contributed by atoms with E-state index in [1.165, 1.54) is 33.4 Å². The second kappa shape index (κ2) is 25.4. The largest absolute Gasteiger partial charge is 0.328 e. The lowest BCUT2D eigenvalue weighted by Gasteiger charge is -2.14. The number of benzene rings is 1. The molecule has 0 heterocycles. The van der Waals surface area contributed by atoms with Crippen molar-refractivity contribution in [3.8, 4) is 0 Å². The summed E-state index contributed by atoms with van der Waals surface area (Å²) in [7, 11) is 0. The van der Waals surface area contributed by atoms with Crippen molar-refractivity contribution >= 4 is 5.57 Å². The van der Waals surface area contributed by atoms with Crippen LogP contribution in [-0.2, 0) is 6.42 Å². The zero-order valence-electron chi connectivity index (χ0n) is 24.2. The Morgan fingerprint density at radius 1 is 0.938 bits per heavy atom. The summed E-state index contributed by atoms with van der Waals surface area (Å²) in [5, 5.41) is 0. The van der Waals surface area contributed by atoms with Crippen LogP contribution in [0.1, 0.15) is 108 Å². The molecule has 0 amide bonds. The zero-order chi connectivity index (χ0) is 26.3. The first-order valence-electron chi connectivity index (χ1n) is 12.5. The third-order valence-corrected chi connectivity index (χ3v) is 3.83. The summed E-state index contributed by atoms with van der Waals surface area (Å²) in [4.78, 5) is 0. The molecule has 1 aromatic carbocycles. The van der Waals surface area contributed by atoms with Gasteiger partial charge in [0.05, 0.1) is 0 Å². The monoisotopic (exact) mass is 443 g/mol. The fraction of sp³-hybridized carbons (Fsp3) is 0.548. The number of allylic oxidation sites excluding steroid dienone is 7. The summed E-state index contributed by atoms with van der Waals surface area (Å²) in [6, 6.07) is 8.99. The highest BCUT2D eigenvalue weighted by atomic mass is 14.6. The van der Waals surface area contributed by atoms with Crippen molar-refractivity contribution in [2.45, 2.75) is 109 Å². The molecule has 32 heavy (non-hydrogen) atoms. The molecule has 0 spiro atoms. The van der Waals surface area contributed by atoms with Crippen LogP contribution in [0.15, 0.2) is 65.8 Å². The first-order valence-corrected chi connectivity index (χ1v) is 12.5. The van der Waals surface area contributed by atoms with Gasteiger partial charge in [-0.2, -0.15) is 0 Å². The Labute approximate surface area is 203 Å². The second-order valence-electron chi connectivity index (χ2n) is 8.04. The molecule has 0 aromatic heterocycles. The average Bonchev–Trinajstić information content (AvgIpc) is 2.78. The minimum atomic E-state index is 0.333. The lowest BCUT2D eigenvalue weighted by Crippen LogP contribution is -2.06. The molecule has 0 saturated carbocycles. The van der Waals surface area contributed by atoms with Crippen LogP contribution in [0.4, 0.5) is 0 Å². The van der Waals surface area contributed by atoms with Gasteiger partial charge in [0.2, 0.25) is 0 Å². The van der Waals surface area contributed by atoms with E-state index < -0.39 is 0 Å². The minimum Gasteiger partial charge on any atom is -0.328 e. The lowest BCUT2D eigenvalue weighted by atomic mass is 9.91. The van der Waals surface area contributed by atoms with Gasteiger partial charge in [0, 0.05) is 0 Å². The van der Waals surface area contributed by atoms with Crippen LogP contribution in [0.3, 0.4) is 0 Å². The summed E-state index contributed by atoms with van der Waals surface area (Å²) in [5.74, 6) is 0.833. The number of nitrogens with two attached hydrogens (primary N) is 1. The van der Waals surface area contributed by atoms with Crippen LogP contribution in [0.5, 0.6) is 0 Å². The Balaban J connectivity index is -0.000000273. The quantitative estimate of drug-likeness (QED) is 0.450. The van der Waals surface area contributed by atoms with Crippen molar-refractivity contribution in [1.29, 1.82) is 0 Å². The fourth-order valence-electron chi connectivity index (χ4n) is 2.43. The SMILES string of the molecule is C=C/C(C)=C(\C=C/C)C(/C)=C(/C)c1ccccc1CC.CC.CC.CC(C)C.CC(C)N. The first-order chi connectivity index (χ1) is 15.0. The number of aryl methyl sites for hydroxylation is 1. The maximum atomic E-state index is 5.11. The number of rotatable bonds is 5. The van der Waals surface area contributed by atoms with E-state index in [1.54, 1.807) is 0 Å². The van der Waals surface area contributed by atoms with Crippen LogP contribution in [-0.4, -0.2) is 6.04 Å². The zero-order valence-corrected chi connectivity index (χ0v) is 24.2. The maximum absolute atomic E-state index is 5.11. The van der Waals surface area contributed by atoms with Gasteiger partial charge in [-0.15, -0.1) is 0 Å². The van der Waals surface area contributed by atoms with Crippen molar-refractivity contribution in [2.75, 3.05) is 0 Å². The molecule has 0 aliphatic heterocycles. The molecule has 0 atom stereocenters. The third-order valence-electron chi connectivity index (χ3n) is 3.83. The second-order valence-corrected chi connectivity index (χ2v) is 8.04. The van der Waals surface area contributed by atoms with E-state index in [-0.39, 0.29) is 0 Å². The number of hydrogen-bond donors (Lipinski definition) is 1. The summed E-state index contributed by atoms with van der Waals surface area (Å²) in [5.41, 5.74) is 13.0. The molecule has 186 valence electrons. The molecule has 0 saturated heterocycles. The molecule has 0 fully saturated rings. The maximum Gasteiger partial charge on any atom is -0.00179 e. The summed E-state index contributed by atoms with van der Waals surface area (Å²) in [6.07, 6.45) is 7.25. The Morgan fingerprint density at radius 3 is 1.69 bits per heavy atom. The normalized spacial score (nSPS) is 11.4. The Hall–Kier alpha value is -1.86. The lowest BCUT2D eigenvalue weighted by molar-refractivity contribution is 0.737. The van der Waals surface area contributed by atoms with E-state index in [2.05, 4.69) is 98.4 Å². The van der Waals surface area contributed by atoms with E-state index in [0.29, 0.717) is 6.04 Å². The van der Waals surface area contributed by atoms with Crippen LogP contribution in [0, 0.1) is 5.92 Å². The smallest absolute Gasteiger partial charge is 0.00179 e. The summed E-state index contributed by atoms with van der Waals surface area (Å²) >= 11 is 0. The molecule has 2 N–H and O–H groups in total. The Kier molecular flexibility index (Phi) is 29.7. The molecule has 0 radical (unpaired) electrons. The average molecular weight is 444 g/mol. The van der Waals surface area contributed by atoms with E-state index >= 15 is 0 Å². The predicted molar refractivity (Wildman–Crippen MR) is 154 cm³/mol. The van der Waals surface area contributed by atoms with E-state index in [1.807, 2.05) is 47.6 Å².